The predicted molar refractivity (Wildman–Crippen MR) is 76.3 cm³/mol. The molecule has 20 heavy (non-hydrogen) atoms. The number of carbonyl (C=O) groups excluding carboxylic acids is 1. The van der Waals surface area contributed by atoms with Crippen LogP contribution in [0.15, 0.2) is 54.9 Å². The first-order valence-electron chi connectivity index (χ1n) is 6.47. The van der Waals surface area contributed by atoms with Gasteiger partial charge in [-0.15, -0.1) is 0 Å². The quantitative estimate of drug-likeness (QED) is 0.628. The summed E-state index contributed by atoms with van der Waals surface area (Å²) < 4.78 is 5.20. The first kappa shape index (κ1) is 11.2. The lowest BCUT2D eigenvalue weighted by Crippen LogP contribution is -1.95. The van der Waals surface area contributed by atoms with E-state index in [1.165, 1.54) is 0 Å². The Bertz CT molecular complexity index is 825. The first-order valence-corrected chi connectivity index (χ1v) is 6.47. The average molecular weight is 261 g/mol. The van der Waals surface area contributed by atoms with Gasteiger partial charge in [-0.25, -0.2) is 4.79 Å². The Morgan fingerprint density at radius 2 is 2.00 bits per heavy atom. The Labute approximate surface area is 115 Å². The molecule has 1 aliphatic rings. The minimum atomic E-state index is -0.240. The van der Waals surface area contributed by atoms with Crippen molar-refractivity contribution in [3.8, 4) is 11.1 Å². The molecule has 0 atom stereocenters. The van der Waals surface area contributed by atoms with Crippen molar-refractivity contribution in [2.45, 2.75) is 6.61 Å². The fraction of sp³-hybridized carbons (Fsp3) is 0.0588. The maximum absolute atomic E-state index is 11.9. The highest BCUT2D eigenvalue weighted by Crippen LogP contribution is 2.37. The molecule has 1 aliphatic heterocycles. The lowest BCUT2D eigenvalue weighted by molar-refractivity contribution is 0.0535. The highest BCUT2D eigenvalue weighted by Gasteiger charge is 2.26. The fourth-order valence-electron chi connectivity index (χ4n) is 2.78. The summed E-state index contributed by atoms with van der Waals surface area (Å²) in [4.78, 5) is 16.0. The number of rotatable bonds is 1. The summed E-state index contributed by atoms with van der Waals surface area (Å²) in [5.41, 5.74) is 3.69. The van der Waals surface area contributed by atoms with Crippen LogP contribution in [0.3, 0.4) is 0 Å². The van der Waals surface area contributed by atoms with Crippen molar-refractivity contribution in [2.24, 2.45) is 0 Å². The zero-order chi connectivity index (χ0) is 13.5. The van der Waals surface area contributed by atoms with Crippen LogP contribution in [0, 0.1) is 0 Å². The van der Waals surface area contributed by atoms with E-state index in [2.05, 4.69) is 11.1 Å². The third-order valence-corrected chi connectivity index (χ3v) is 3.67. The molecule has 2 heterocycles. The smallest absolute Gasteiger partial charge is 0.338 e. The Morgan fingerprint density at radius 3 is 2.85 bits per heavy atom. The van der Waals surface area contributed by atoms with Crippen molar-refractivity contribution in [1.82, 2.24) is 4.98 Å². The molecule has 3 aromatic rings. The molecule has 0 spiro atoms. The number of aromatic nitrogens is 1. The van der Waals surface area contributed by atoms with E-state index in [4.69, 9.17) is 4.74 Å². The molecule has 0 unspecified atom stereocenters. The number of esters is 1. The van der Waals surface area contributed by atoms with E-state index in [1.54, 1.807) is 6.20 Å². The maximum atomic E-state index is 11.9. The number of hydrogen-bond acceptors (Lipinski definition) is 3. The average Bonchev–Trinajstić information content (AvgIpc) is 2.87. The molecule has 0 saturated heterocycles. The van der Waals surface area contributed by atoms with E-state index in [0.29, 0.717) is 12.2 Å². The summed E-state index contributed by atoms with van der Waals surface area (Å²) in [6.45, 7) is 0.337. The largest absolute Gasteiger partial charge is 0.457 e. The molecule has 3 nitrogen and oxygen atoms in total. The van der Waals surface area contributed by atoms with Crippen molar-refractivity contribution in [2.75, 3.05) is 0 Å². The van der Waals surface area contributed by atoms with Gasteiger partial charge in [0, 0.05) is 23.5 Å². The molecule has 96 valence electrons. The number of ether oxygens (including phenoxy) is 1. The lowest BCUT2D eigenvalue weighted by Gasteiger charge is -2.11. The van der Waals surface area contributed by atoms with Crippen LogP contribution >= 0.6 is 0 Å². The molecule has 0 saturated carbocycles. The van der Waals surface area contributed by atoms with Crippen molar-refractivity contribution in [3.05, 3.63) is 66.0 Å². The van der Waals surface area contributed by atoms with Crippen LogP contribution in [0.2, 0.25) is 0 Å². The predicted octanol–water partition coefficient (Wildman–Crippen LogP) is 3.57. The first-order chi connectivity index (χ1) is 9.84. The molecular formula is C17H11NO2. The SMILES string of the molecule is O=C1OCc2c1cc1ccccc1c2-c1cccnc1. The highest BCUT2D eigenvalue weighted by atomic mass is 16.5. The zero-order valence-electron chi connectivity index (χ0n) is 10.7. The van der Waals surface area contributed by atoms with Gasteiger partial charge in [-0.2, -0.15) is 0 Å². The van der Waals surface area contributed by atoms with Gasteiger partial charge in [0.25, 0.3) is 0 Å². The molecule has 2 aromatic carbocycles. The van der Waals surface area contributed by atoms with E-state index in [9.17, 15) is 4.79 Å². The van der Waals surface area contributed by atoms with Gasteiger partial charge in [0.15, 0.2) is 0 Å². The van der Waals surface area contributed by atoms with Crippen LogP contribution in [0.4, 0.5) is 0 Å². The standard InChI is InChI=1S/C17H11NO2/c19-17-14-8-11-4-1-2-6-13(11)16(15(14)10-20-17)12-5-3-7-18-9-12/h1-9H,10H2. The van der Waals surface area contributed by atoms with Gasteiger partial charge in [0.2, 0.25) is 0 Å². The van der Waals surface area contributed by atoms with Crippen LogP contribution in [-0.4, -0.2) is 11.0 Å². The summed E-state index contributed by atoms with van der Waals surface area (Å²) in [6, 6.07) is 13.9. The number of nitrogens with zero attached hydrogens (tertiary/aromatic N) is 1. The number of carbonyl (C=O) groups is 1. The van der Waals surface area contributed by atoms with Gasteiger partial charge in [-0.1, -0.05) is 30.3 Å². The van der Waals surface area contributed by atoms with Crippen LogP contribution in [-0.2, 0) is 11.3 Å². The molecule has 0 radical (unpaired) electrons. The number of hydrogen-bond donors (Lipinski definition) is 0. The Kier molecular flexibility index (Phi) is 2.33. The minimum absolute atomic E-state index is 0.240. The lowest BCUT2D eigenvalue weighted by atomic mass is 9.91. The normalized spacial score (nSPS) is 13.3. The second-order valence-electron chi connectivity index (χ2n) is 4.82. The maximum Gasteiger partial charge on any atom is 0.338 e. The molecule has 0 amide bonds. The highest BCUT2D eigenvalue weighted by molar-refractivity contribution is 6.06. The molecular weight excluding hydrogens is 250 g/mol. The van der Waals surface area contributed by atoms with Crippen LogP contribution < -0.4 is 0 Å². The van der Waals surface area contributed by atoms with Gasteiger partial charge in [-0.05, 0) is 28.5 Å². The fourth-order valence-corrected chi connectivity index (χ4v) is 2.78. The molecule has 0 N–H and O–H groups in total. The van der Waals surface area contributed by atoms with E-state index >= 15 is 0 Å². The second kappa shape index (κ2) is 4.17. The van der Waals surface area contributed by atoms with Gasteiger partial charge in [0.05, 0.1) is 5.56 Å². The van der Waals surface area contributed by atoms with Crippen molar-refractivity contribution >= 4 is 16.7 Å². The van der Waals surface area contributed by atoms with Gasteiger partial charge < -0.3 is 4.74 Å². The van der Waals surface area contributed by atoms with E-state index in [-0.39, 0.29) is 5.97 Å². The molecule has 0 bridgehead atoms. The molecule has 0 aliphatic carbocycles. The summed E-state index contributed by atoms with van der Waals surface area (Å²) in [5.74, 6) is -0.240. The van der Waals surface area contributed by atoms with Crippen LogP contribution in [0.1, 0.15) is 15.9 Å². The molecule has 1 aromatic heterocycles. The number of cyclic esters (lactones) is 1. The van der Waals surface area contributed by atoms with Crippen molar-refractivity contribution in [1.29, 1.82) is 0 Å². The Hall–Kier alpha value is -2.68. The van der Waals surface area contributed by atoms with E-state index < -0.39 is 0 Å². The molecule has 0 fully saturated rings. The second-order valence-corrected chi connectivity index (χ2v) is 4.82. The van der Waals surface area contributed by atoms with Gasteiger partial charge in [0.1, 0.15) is 6.61 Å². The number of fused-ring (bicyclic) bond motifs is 2. The summed E-state index contributed by atoms with van der Waals surface area (Å²) in [6.07, 6.45) is 3.57. The van der Waals surface area contributed by atoms with Crippen LogP contribution in [0.25, 0.3) is 21.9 Å². The zero-order valence-corrected chi connectivity index (χ0v) is 10.7. The Balaban J connectivity index is 2.15. The summed E-state index contributed by atoms with van der Waals surface area (Å²) in [5, 5.41) is 2.17. The van der Waals surface area contributed by atoms with Crippen molar-refractivity contribution in [3.63, 3.8) is 0 Å². The molecule has 4 rings (SSSR count). The third-order valence-electron chi connectivity index (χ3n) is 3.67. The third kappa shape index (κ3) is 1.53. The minimum Gasteiger partial charge on any atom is -0.457 e. The Morgan fingerprint density at radius 1 is 1.10 bits per heavy atom. The van der Waals surface area contributed by atoms with Gasteiger partial charge >= 0.3 is 5.97 Å². The molecule has 3 heteroatoms. The topological polar surface area (TPSA) is 39.2 Å². The van der Waals surface area contributed by atoms with E-state index in [1.807, 2.05) is 42.6 Å². The number of pyridine rings is 1. The van der Waals surface area contributed by atoms with Gasteiger partial charge in [-0.3, -0.25) is 4.98 Å². The van der Waals surface area contributed by atoms with Crippen LogP contribution in [0.5, 0.6) is 0 Å². The monoisotopic (exact) mass is 261 g/mol. The number of benzene rings is 2. The van der Waals surface area contributed by atoms with Crippen molar-refractivity contribution < 1.29 is 9.53 Å². The van der Waals surface area contributed by atoms with E-state index in [0.717, 1.165) is 27.5 Å². The summed E-state index contributed by atoms with van der Waals surface area (Å²) >= 11 is 0. The summed E-state index contributed by atoms with van der Waals surface area (Å²) in [7, 11) is 0.